The number of hydrogen-bond donors (Lipinski definition) is 1. The van der Waals surface area contributed by atoms with Gasteiger partial charge in [0.1, 0.15) is 6.10 Å². The fourth-order valence-electron chi connectivity index (χ4n) is 11.3. The number of rotatable bonds is 23. The number of esters is 3. The number of allylic oxidation sites excluding steroid dienone is 3. The topological polar surface area (TPSA) is 172 Å². The van der Waals surface area contributed by atoms with Crippen molar-refractivity contribution in [1.29, 1.82) is 0 Å². The van der Waals surface area contributed by atoms with E-state index < -0.39 is 91.4 Å². The van der Waals surface area contributed by atoms with Crippen molar-refractivity contribution in [2.24, 2.45) is 10.8 Å². The number of ether oxygens (including phenoxy) is 8. The summed E-state index contributed by atoms with van der Waals surface area (Å²) in [5.41, 5.74) is -0.685. The van der Waals surface area contributed by atoms with Crippen molar-refractivity contribution in [1.82, 2.24) is 0 Å². The Labute approximate surface area is 447 Å². The summed E-state index contributed by atoms with van der Waals surface area (Å²) in [4.78, 5) is 52.8. The molecular formula is C60H86O14Si. The summed E-state index contributed by atoms with van der Waals surface area (Å²) < 4.78 is 57.1. The van der Waals surface area contributed by atoms with Crippen molar-refractivity contribution < 1.29 is 66.6 Å². The highest BCUT2D eigenvalue weighted by Crippen LogP contribution is 2.51. The van der Waals surface area contributed by atoms with E-state index in [0.717, 1.165) is 15.9 Å². The van der Waals surface area contributed by atoms with E-state index in [2.05, 4.69) is 58.2 Å². The van der Waals surface area contributed by atoms with Crippen LogP contribution < -0.4 is 10.4 Å². The van der Waals surface area contributed by atoms with Gasteiger partial charge in [-0.1, -0.05) is 138 Å². The first-order valence-corrected chi connectivity index (χ1v) is 28.3. The standard InChI is InChI=1S/C60H86O14Si/c1-17-24-43(33-47(36-51-40(3)71-59(13,14)73-51)74-75(56(6,7)8,49-25-20-18-21-26-49)50-27-22-19-23-28-50)54(69-42(5)62)55(65)57(9,10)30-29-45-31-39(2)32-48(70-45)38-60(67-16)58(11,12)52(68-41(4)61)37-46(72-60)34-44(63)35-53(64)66-15/h17-30,40,44-48,51-52,54,63H,1-2,31-38H2,3-16H3/b30-29+,43-24+/t40-,44-,45+,46-,47+,48+,51-,52+,54+,60+/m1/s1. The van der Waals surface area contributed by atoms with Gasteiger partial charge in [-0.05, 0) is 74.9 Å². The number of carbonyl (C=O) groups excluding carboxylic acids is 4. The van der Waals surface area contributed by atoms with Gasteiger partial charge in [-0.2, -0.15) is 0 Å². The number of Topliss-reactive ketones (excluding diaryl/α,β-unsaturated/α-hetero) is 1. The second kappa shape index (κ2) is 25.3. The number of methoxy groups -OCH3 is 2. The van der Waals surface area contributed by atoms with E-state index in [1.165, 1.54) is 28.1 Å². The average Bonchev–Trinajstić information content (AvgIpc) is 3.59. The molecule has 1 N–H and O–H groups in total. The molecule has 0 spiro atoms. The van der Waals surface area contributed by atoms with Gasteiger partial charge in [0.2, 0.25) is 0 Å². The first-order chi connectivity index (χ1) is 35.0. The van der Waals surface area contributed by atoms with E-state index in [9.17, 15) is 19.5 Å². The molecule has 3 aliphatic rings. The first-order valence-electron chi connectivity index (χ1n) is 26.4. The van der Waals surface area contributed by atoms with E-state index in [1.54, 1.807) is 32.1 Å². The SMILES string of the molecule is C=C/C=C(\C[C@@H](C[C@H]1OC(C)(C)O[C@@H]1C)O[Si](c1ccccc1)(c1ccccc1)C(C)(C)C)[C@H](OC(C)=O)C(=O)C(C)(C)/C=C/[C@H]1CC(=C)C[C@@H](C[C@]2(OC)O[C@H](C[C@@H](O)CC(=O)OC)C[C@H](OC(C)=O)C2(C)C)O1. The third-order valence-corrected chi connectivity index (χ3v) is 20.1. The molecule has 2 aromatic carbocycles. The Bertz CT molecular complexity index is 2310. The summed E-state index contributed by atoms with van der Waals surface area (Å²) in [6.45, 7) is 30.9. The Balaban J connectivity index is 1.47. The second-order valence-corrected chi connectivity index (χ2v) is 27.5. The van der Waals surface area contributed by atoms with Crippen LogP contribution in [0.2, 0.25) is 5.04 Å². The van der Waals surface area contributed by atoms with Gasteiger partial charge >= 0.3 is 17.9 Å². The van der Waals surface area contributed by atoms with Crippen LogP contribution in [0.4, 0.5) is 0 Å². The molecule has 5 rings (SSSR count). The molecular weight excluding hydrogens is 973 g/mol. The molecule has 75 heavy (non-hydrogen) atoms. The van der Waals surface area contributed by atoms with Gasteiger partial charge in [-0.15, -0.1) is 0 Å². The van der Waals surface area contributed by atoms with Crippen LogP contribution in [-0.4, -0.2) is 118 Å². The lowest BCUT2D eigenvalue weighted by molar-refractivity contribution is -0.358. The molecule has 0 radical (unpaired) electrons. The van der Waals surface area contributed by atoms with E-state index >= 15 is 4.79 Å². The summed E-state index contributed by atoms with van der Waals surface area (Å²) in [7, 11) is -0.413. The van der Waals surface area contributed by atoms with Crippen molar-refractivity contribution in [2.75, 3.05) is 14.2 Å². The van der Waals surface area contributed by atoms with Gasteiger partial charge in [0.15, 0.2) is 23.5 Å². The van der Waals surface area contributed by atoms with E-state index in [1.807, 2.05) is 77.1 Å². The molecule has 0 aliphatic carbocycles. The smallest absolute Gasteiger partial charge is 0.308 e. The zero-order valence-electron chi connectivity index (χ0n) is 47.1. The molecule has 0 aromatic heterocycles. The molecule has 0 bridgehead atoms. The van der Waals surface area contributed by atoms with Gasteiger partial charge in [-0.3, -0.25) is 19.2 Å². The third-order valence-electron chi connectivity index (χ3n) is 15.0. The lowest BCUT2D eigenvalue weighted by Gasteiger charge is -2.55. The number of aliphatic hydroxyl groups is 1. The Kier molecular flexibility index (Phi) is 20.6. The molecule has 0 amide bonds. The summed E-state index contributed by atoms with van der Waals surface area (Å²) >= 11 is 0. The Hall–Kier alpha value is -4.58. The third kappa shape index (κ3) is 15.1. The zero-order chi connectivity index (χ0) is 55.7. The Morgan fingerprint density at radius 3 is 1.97 bits per heavy atom. The lowest BCUT2D eigenvalue weighted by Crippen LogP contribution is -2.68. The first kappa shape index (κ1) is 61.3. The Morgan fingerprint density at radius 1 is 0.853 bits per heavy atom. The minimum atomic E-state index is -3.20. The van der Waals surface area contributed by atoms with E-state index in [0.29, 0.717) is 24.8 Å². The van der Waals surface area contributed by atoms with Gasteiger partial charge in [0.05, 0.1) is 61.7 Å². The van der Waals surface area contributed by atoms with Crippen LogP contribution in [0.25, 0.3) is 0 Å². The molecule has 10 atom stereocenters. The van der Waals surface area contributed by atoms with Crippen LogP contribution in [0.3, 0.4) is 0 Å². The van der Waals surface area contributed by atoms with E-state index in [-0.39, 0.29) is 55.1 Å². The number of ketones is 1. The number of aliphatic hydroxyl groups excluding tert-OH is 1. The van der Waals surface area contributed by atoms with Gasteiger partial charge < -0.3 is 47.4 Å². The molecule has 3 heterocycles. The molecule has 2 aromatic rings. The molecule has 414 valence electrons. The monoisotopic (exact) mass is 1060 g/mol. The van der Waals surface area contributed by atoms with Gasteiger partial charge in [-0.25, -0.2) is 0 Å². The molecule has 14 nitrogen and oxygen atoms in total. The highest BCUT2D eigenvalue weighted by molar-refractivity contribution is 6.99. The highest BCUT2D eigenvalue weighted by atomic mass is 28.4. The summed E-state index contributed by atoms with van der Waals surface area (Å²) in [5.74, 6) is -4.22. The number of carbonyl (C=O) groups is 4. The molecule has 0 saturated carbocycles. The fourth-order valence-corrected chi connectivity index (χ4v) is 16.0. The minimum Gasteiger partial charge on any atom is -0.469 e. The summed E-state index contributed by atoms with van der Waals surface area (Å²) in [5, 5.41) is 12.6. The zero-order valence-corrected chi connectivity index (χ0v) is 48.1. The van der Waals surface area contributed by atoms with Crippen LogP contribution >= 0.6 is 0 Å². The number of hydrogen-bond acceptors (Lipinski definition) is 14. The van der Waals surface area contributed by atoms with Crippen molar-refractivity contribution in [2.45, 2.75) is 206 Å². The Morgan fingerprint density at radius 2 is 1.47 bits per heavy atom. The van der Waals surface area contributed by atoms with Crippen molar-refractivity contribution in [3.8, 4) is 0 Å². The molecule has 3 saturated heterocycles. The van der Waals surface area contributed by atoms with Crippen molar-refractivity contribution in [3.63, 3.8) is 0 Å². The lowest BCUT2D eigenvalue weighted by atomic mass is 9.70. The maximum Gasteiger partial charge on any atom is 0.308 e. The predicted octanol–water partition coefficient (Wildman–Crippen LogP) is 9.34. The normalized spacial score (nSPS) is 26.5. The predicted molar refractivity (Wildman–Crippen MR) is 290 cm³/mol. The van der Waals surface area contributed by atoms with Gasteiger partial charge in [0, 0.05) is 52.1 Å². The molecule has 0 unspecified atom stereocenters. The fraction of sp³-hybridized carbons (Fsp3) is 0.600. The average molecular weight is 1060 g/mol. The van der Waals surface area contributed by atoms with Crippen LogP contribution in [0.15, 0.2) is 109 Å². The van der Waals surface area contributed by atoms with Crippen molar-refractivity contribution in [3.05, 3.63) is 109 Å². The molecule has 3 fully saturated rings. The highest BCUT2D eigenvalue weighted by Gasteiger charge is 2.59. The maximum atomic E-state index is 15.2. The number of benzene rings is 2. The van der Waals surface area contributed by atoms with E-state index in [4.69, 9.17) is 42.3 Å². The van der Waals surface area contributed by atoms with Crippen molar-refractivity contribution >= 4 is 42.4 Å². The molecule has 3 aliphatic heterocycles. The minimum absolute atomic E-state index is 0.0642. The molecule has 15 heteroatoms. The second-order valence-electron chi connectivity index (χ2n) is 23.2. The van der Waals surface area contributed by atoms with Crippen LogP contribution in [-0.2, 0) is 61.5 Å². The van der Waals surface area contributed by atoms with Crippen LogP contribution in [0, 0.1) is 10.8 Å². The van der Waals surface area contributed by atoms with Crippen LogP contribution in [0.1, 0.15) is 134 Å². The quantitative estimate of drug-likeness (QED) is 0.0367. The van der Waals surface area contributed by atoms with Gasteiger partial charge in [0.25, 0.3) is 8.32 Å². The largest absolute Gasteiger partial charge is 0.469 e. The summed E-state index contributed by atoms with van der Waals surface area (Å²) in [6, 6.07) is 20.7. The maximum absolute atomic E-state index is 15.2. The summed E-state index contributed by atoms with van der Waals surface area (Å²) in [6.07, 6.45) is 2.93. The van der Waals surface area contributed by atoms with Crippen LogP contribution in [0.5, 0.6) is 0 Å².